The number of rotatable bonds is 5. The number of halogens is 1. The van der Waals surface area contributed by atoms with E-state index in [0.29, 0.717) is 27.3 Å². The topological polar surface area (TPSA) is 114 Å². The second kappa shape index (κ2) is 7.08. The van der Waals surface area contributed by atoms with E-state index in [-0.39, 0.29) is 16.8 Å². The van der Waals surface area contributed by atoms with E-state index in [1.165, 1.54) is 18.6 Å². The number of fused-ring (bicyclic) bond motifs is 1. The van der Waals surface area contributed by atoms with Crippen molar-refractivity contribution < 1.29 is 8.42 Å². The molecular weight excluding hydrogens is 412 g/mol. The smallest absolute Gasteiger partial charge is 0.243 e. The highest BCUT2D eigenvalue weighted by Crippen LogP contribution is 2.36. The lowest BCUT2D eigenvalue weighted by Crippen LogP contribution is -2.30. The van der Waals surface area contributed by atoms with Crippen molar-refractivity contribution >= 4 is 38.2 Å². The molecule has 0 radical (unpaired) electrons. The van der Waals surface area contributed by atoms with E-state index in [1.807, 2.05) is 22.8 Å². The second-order valence-corrected chi connectivity index (χ2v) is 8.77. The molecule has 1 aliphatic carbocycles. The van der Waals surface area contributed by atoms with Crippen LogP contribution in [0, 0.1) is 11.3 Å². The summed E-state index contributed by atoms with van der Waals surface area (Å²) in [4.78, 5) is 12.5. The van der Waals surface area contributed by atoms with E-state index in [1.54, 1.807) is 19.9 Å². The van der Waals surface area contributed by atoms with E-state index < -0.39 is 10.0 Å². The zero-order chi connectivity index (χ0) is 20.8. The van der Waals surface area contributed by atoms with Gasteiger partial charge in [0, 0.05) is 29.4 Å². The molecule has 0 aliphatic heterocycles. The van der Waals surface area contributed by atoms with Gasteiger partial charge in [-0.15, -0.1) is 0 Å². The van der Waals surface area contributed by atoms with Gasteiger partial charge in [-0.05, 0) is 26.0 Å². The number of pyridine rings is 1. The van der Waals surface area contributed by atoms with E-state index in [0.717, 1.165) is 5.70 Å². The van der Waals surface area contributed by atoms with Gasteiger partial charge in [-0.1, -0.05) is 17.7 Å². The number of nitriles is 1. The Morgan fingerprint density at radius 3 is 2.45 bits per heavy atom. The summed E-state index contributed by atoms with van der Waals surface area (Å²) in [6, 6.07) is 3.59. The average molecular weight is 427 g/mol. The highest BCUT2D eigenvalue weighted by Gasteiger charge is 2.24. The predicted molar refractivity (Wildman–Crippen MR) is 109 cm³/mol. The van der Waals surface area contributed by atoms with Crippen LogP contribution in [0.4, 0.5) is 0 Å². The molecule has 1 aliphatic rings. The van der Waals surface area contributed by atoms with Crippen LogP contribution in [0.25, 0.3) is 28.1 Å². The number of aromatic nitrogens is 4. The Hall–Kier alpha value is -3.06. The maximum Gasteiger partial charge on any atom is 0.243 e. The lowest BCUT2D eigenvalue weighted by Gasteiger charge is -2.15. The SMILES string of the molecule is CC(C)NS(=O)(=O)c1cnc(-c2c(C#N)c3cnc(Cl)cc3n2C2=CC=C2)nc1. The van der Waals surface area contributed by atoms with E-state index in [9.17, 15) is 13.7 Å². The third-order valence-corrected chi connectivity index (χ3v) is 6.08. The Morgan fingerprint density at radius 1 is 1.21 bits per heavy atom. The first-order valence-electron chi connectivity index (χ1n) is 8.65. The largest absolute Gasteiger partial charge is 0.305 e. The standard InChI is InChI=1S/C19H15ClN6O2S/c1-11(2)25-29(27,28)13-8-23-19(24-9-13)18-14(7-21)15-10-22-17(20)6-16(15)26(18)12-4-3-5-12/h3-6,8-11,25H,1-2H3. The summed E-state index contributed by atoms with van der Waals surface area (Å²) < 4.78 is 29.0. The lowest BCUT2D eigenvalue weighted by atomic mass is 10.1. The summed E-state index contributed by atoms with van der Waals surface area (Å²) >= 11 is 6.07. The van der Waals surface area contributed by atoms with Gasteiger partial charge in [0.25, 0.3) is 0 Å². The highest BCUT2D eigenvalue weighted by molar-refractivity contribution is 7.89. The fourth-order valence-corrected chi connectivity index (χ4v) is 4.33. The fraction of sp³-hybridized carbons (Fsp3) is 0.158. The Balaban J connectivity index is 1.91. The minimum absolute atomic E-state index is 0.0522. The summed E-state index contributed by atoms with van der Waals surface area (Å²) in [5, 5.41) is 10.7. The molecule has 146 valence electrons. The van der Waals surface area contributed by atoms with Gasteiger partial charge >= 0.3 is 0 Å². The molecule has 3 aromatic rings. The fourth-order valence-electron chi connectivity index (χ4n) is 3.04. The Labute approximate surface area is 172 Å². The van der Waals surface area contributed by atoms with Gasteiger partial charge in [-0.25, -0.2) is 28.1 Å². The Kier molecular flexibility index (Phi) is 4.70. The predicted octanol–water partition coefficient (Wildman–Crippen LogP) is 3.12. The molecule has 0 saturated carbocycles. The molecule has 29 heavy (non-hydrogen) atoms. The first-order chi connectivity index (χ1) is 13.8. The van der Waals surface area contributed by atoms with Crippen molar-refractivity contribution in [3.63, 3.8) is 0 Å². The molecule has 0 amide bonds. The zero-order valence-corrected chi connectivity index (χ0v) is 17.0. The molecule has 1 N–H and O–H groups in total. The number of hydrogen-bond acceptors (Lipinski definition) is 6. The minimum atomic E-state index is -3.72. The molecule has 0 saturated heterocycles. The van der Waals surface area contributed by atoms with E-state index >= 15 is 0 Å². The number of hydrogen-bond donors (Lipinski definition) is 1. The van der Waals surface area contributed by atoms with Gasteiger partial charge in [-0.2, -0.15) is 5.26 Å². The molecule has 10 heteroatoms. The van der Waals surface area contributed by atoms with E-state index in [2.05, 4.69) is 25.7 Å². The molecule has 3 aromatic heterocycles. The van der Waals surface area contributed by atoms with Crippen LogP contribution in [-0.2, 0) is 10.0 Å². The van der Waals surface area contributed by atoms with Gasteiger partial charge in [0.15, 0.2) is 5.82 Å². The van der Waals surface area contributed by atoms with Crippen LogP contribution in [0.3, 0.4) is 0 Å². The van der Waals surface area contributed by atoms with Gasteiger partial charge in [-0.3, -0.25) is 0 Å². The summed E-state index contributed by atoms with van der Waals surface area (Å²) in [6.45, 7) is 3.45. The highest BCUT2D eigenvalue weighted by atomic mass is 35.5. The van der Waals surface area contributed by atoms with Crippen molar-refractivity contribution in [1.29, 1.82) is 5.26 Å². The third kappa shape index (κ3) is 3.31. The van der Waals surface area contributed by atoms with Crippen molar-refractivity contribution in [1.82, 2.24) is 24.2 Å². The van der Waals surface area contributed by atoms with Crippen molar-refractivity contribution in [2.24, 2.45) is 0 Å². The maximum atomic E-state index is 12.3. The summed E-state index contributed by atoms with van der Waals surface area (Å²) in [5.74, 6) is 0.221. The zero-order valence-electron chi connectivity index (χ0n) is 15.5. The molecule has 0 spiro atoms. The number of allylic oxidation sites excluding steroid dienone is 4. The van der Waals surface area contributed by atoms with Gasteiger partial charge in [0.1, 0.15) is 21.8 Å². The van der Waals surface area contributed by atoms with E-state index in [4.69, 9.17) is 11.6 Å². The summed E-state index contributed by atoms with van der Waals surface area (Å²) in [6.07, 6.45) is 9.62. The van der Waals surface area contributed by atoms with Crippen LogP contribution in [0.1, 0.15) is 19.4 Å². The minimum Gasteiger partial charge on any atom is -0.305 e. The van der Waals surface area contributed by atoms with Crippen LogP contribution in [0.15, 0.2) is 47.8 Å². The quantitative estimate of drug-likeness (QED) is 0.627. The molecular formula is C19H15ClN6O2S. The Morgan fingerprint density at radius 2 is 1.90 bits per heavy atom. The number of nitrogens with one attached hydrogen (secondary N) is 1. The lowest BCUT2D eigenvalue weighted by molar-refractivity contribution is 0.569. The number of sulfonamides is 1. The maximum absolute atomic E-state index is 12.3. The van der Waals surface area contributed by atoms with Crippen molar-refractivity contribution in [3.05, 3.63) is 53.6 Å². The molecule has 0 fully saturated rings. The normalized spacial score (nSPS) is 13.4. The molecule has 0 aromatic carbocycles. The molecule has 3 heterocycles. The van der Waals surface area contributed by atoms with Gasteiger partial charge in [0.2, 0.25) is 10.0 Å². The third-order valence-electron chi connectivity index (χ3n) is 4.26. The van der Waals surface area contributed by atoms with Gasteiger partial charge in [0.05, 0.1) is 23.5 Å². The monoisotopic (exact) mass is 426 g/mol. The first-order valence-corrected chi connectivity index (χ1v) is 10.5. The van der Waals surface area contributed by atoms with Crippen molar-refractivity contribution in [2.75, 3.05) is 0 Å². The summed E-state index contributed by atoms with van der Waals surface area (Å²) in [5.41, 5.74) is 2.30. The average Bonchev–Trinajstić information content (AvgIpc) is 2.93. The molecule has 4 rings (SSSR count). The van der Waals surface area contributed by atoms with Crippen LogP contribution in [0.5, 0.6) is 0 Å². The molecule has 0 unspecified atom stereocenters. The van der Waals surface area contributed by atoms with Crippen LogP contribution >= 0.6 is 11.6 Å². The molecule has 0 bridgehead atoms. The van der Waals surface area contributed by atoms with Crippen LogP contribution in [-0.4, -0.2) is 34.0 Å². The van der Waals surface area contributed by atoms with Crippen molar-refractivity contribution in [2.45, 2.75) is 24.8 Å². The van der Waals surface area contributed by atoms with Crippen molar-refractivity contribution in [3.8, 4) is 17.6 Å². The Bertz CT molecular complexity index is 1330. The first kappa shape index (κ1) is 19.3. The molecule has 8 nitrogen and oxygen atoms in total. The van der Waals surface area contributed by atoms with Crippen LogP contribution < -0.4 is 4.72 Å². The summed E-state index contributed by atoms with van der Waals surface area (Å²) in [7, 11) is -3.72. The molecule has 0 atom stereocenters. The second-order valence-electron chi connectivity index (χ2n) is 6.66. The van der Waals surface area contributed by atoms with Crippen LogP contribution in [0.2, 0.25) is 5.15 Å². The van der Waals surface area contributed by atoms with Gasteiger partial charge < -0.3 is 4.57 Å². The number of nitrogens with zero attached hydrogens (tertiary/aromatic N) is 5.